The maximum atomic E-state index is 10.00. The molecular formula is C4H10N4O. The van der Waals surface area contributed by atoms with Crippen LogP contribution in [0.3, 0.4) is 0 Å². The molecule has 0 aliphatic rings. The molecule has 0 saturated carbocycles. The average molecular weight is 130 g/mol. The lowest BCUT2D eigenvalue weighted by atomic mass is 10.6. The van der Waals surface area contributed by atoms with Crippen molar-refractivity contribution in [2.75, 3.05) is 19.6 Å². The van der Waals surface area contributed by atoms with Crippen LogP contribution in [0.1, 0.15) is 0 Å². The van der Waals surface area contributed by atoms with Gasteiger partial charge in [0.2, 0.25) is 5.91 Å². The highest BCUT2D eigenvalue weighted by atomic mass is 16.1. The van der Waals surface area contributed by atoms with Gasteiger partial charge in [0.15, 0.2) is 0 Å². The molecule has 0 saturated heterocycles. The highest BCUT2D eigenvalue weighted by molar-refractivity contribution is 5.75. The summed E-state index contributed by atoms with van der Waals surface area (Å²) in [5.41, 5.74) is 9.83. The van der Waals surface area contributed by atoms with E-state index in [-0.39, 0.29) is 6.54 Å². The van der Waals surface area contributed by atoms with E-state index in [1.54, 1.807) is 0 Å². The van der Waals surface area contributed by atoms with Crippen molar-refractivity contribution in [3.8, 4) is 0 Å². The van der Waals surface area contributed by atoms with Gasteiger partial charge in [-0.25, -0.2) is 0 Å². The topological polar surface area (TPSA) is 93.8 Å². The summed E-state index contributed by atoms with van der Waals surface area (Å²) in [7, 11) is 0. The van der Waals surface area contributed by atoms with Gasteiger partial charge in [-0.2, -0.15) is 10.2 Å². The number of hydrogen-bond acceptors (Lipinski definition) is 4. The Morgan fingerprint density at radius 1 is 1.44 bits per heavy atom. The average Bonchev–Trinajstić information content (AvgIpc) is 1.80. The Bertz CT molecular complexity index is 111. The lowest BCUT2D eigenvalue weighted by Crippen LogP contribution is -2.13. The Morgan fingerprint density at radius 3 is 2.56 bits per heavy atom. The van der Waals surface area contributed by atoms with Crippen LogP contribution in [0.4, 0.5) is 0 Å². The zero-order valence-electron chi connectivity index (χ0n) is 5.08. The third-order valence-corrected chi connectivity index (χ3v) is 0.556. The van der Waals surface area contributed by atoms with E-state index in [1.165, 1.54) is 0 Å². The molecule has 0 aromatic rings. The van der Waals surface area contributed by atoms with Crippen molar-refractivity contribution < 1.29 is 4.79 Å². The van der Waals surface area contributed by atoms with Gasteiger partial charge in [0.05, 0.1) is 6.54 Å². The van der Waals surface area contributed by atoms with Crippen LogP contribution < -0.4 is 11.5 Å². The highest BCUT2D eigenvalue weighted by Crippen LogP contribution is 1.72. The van der Waals surface area contributed by atoms with Crippen molar-refractivity contribution >= 4 is 5.91 Å². The van der Waals surface area contributed by atoms with Crippen molar-refractivity contribution in [3.63, 3.8) is 0 Å². The van der Waals surface area contributed by atoms with E-state index in [4.69, 9.17) is 11.5 Å². The van der Waals surface area contributed by atoms with Crippen molar-refractivity contribution in [1.82, 2.24) is 0 Å². The van der Waals surface area contributed by atoms with Gasteiger partial charge in [-0.05, 0) is 0 Å². The standard InChI is InChI=1S/C4H10N4O/c5-1-2-7-8-3-4(6)9/h1-3,5H2,(H2,6,9). The van der Waals surface area contributed by atoms with Gasteiger partial charge in [0.1, 0.15) is 6.54 Å². The Hall–Kier alpha value is -0.970. The number of azo groups is 1. The van der Waals surface area contributed by atoms with Gasteiger partial charge in [-0.15, -0.1) is 0 Å². The van der Waals surface area contributed by atoms with Crippen molar-refractivity contribution in [2.24, 2.45) is 21.7 Å². The number of hydrogen-bond donors (Lipinski definition) is 2. The Kier molecular flexibility index (Phi) is 4.61. The predicted octanol–water partition coefficient (Wildman–Crippen LogP) is -1.12. The number of rotatable bonds is 4. The first-order chi connectivity index (χ1) is 4.27. The van der Waals surface area contributed by atoms with E-state index in [1.807, 2.05) is 0 Å². The van der Waals surface area contributed by atoms with Crippen LogP contribution in [0, 0.1) is 0 Å². The molecule has 0 heterocycles. The van der Waals surface area contributed by atoms with E-state index >= 15 is 0 Å². The van der Waals surface area contributed by atoms with Crippen LogP contribution in [0.2, 0.25) is 0 Å². The molecule has 0 aromatic carbocycles. The maximum Gasteiger partial charge on any atom is 0.241 e. The van der Waals surface area contributed by atoms with Crippen LogP contribution in [-0.4, -0.2) is 25.5 Å². The molecule has 0 atom stereocenters. The van der Waals surface area contributed by atoms with E-state index in [2.05, 4.69) is 10.2 Å². The fourth-order valence-corrected chi connectivity index (χ4v) is 0.248. The number of nitrogens with zero attached hydrogens (tertiary/aromatic N) is 2. The lowest BCUT2D eigenvalue weighted by molar-refractivity contribution is -0.116. The molecule has 5 heteroatoms. The first-order valence-corrected chi connectivity index (χ1v) is 2.59. The van der Waals surface area contributed by atoms with Gasteiger partial charge in [-0.1, -0.05) is 0 Å². The molecule has 5 nitrogen and oxygen atoms in total. The number of carbonyl (C=O) groups is 1. The minimum Gasteiger partial charge on any atom is -0.368 e. The van der Waals surface area contributed by atoms with E-state index in [0.717, 1.165) is 0 Å². The number of carbonyl (C=O) groups excluding carboxylic acids is 1. The second-order valence-corrected chi connectivity index (χ2v) is 1.42. The summed E-state index contributed by atoms with van der Waals surface area (Å²) < 4.78 is 0. The smallest absolute Gasteiger partial charge is 0.241 e. The largest absolute Gasteiger partial charge is 0.368 e. The molecule has 0 aliphatic carbocycles. The Morgan fingerprint density at radius 2 is 2.11 bits per heavy atom. The molecule has 0 bridgehead atoms. The third kappa shape index (κ3) is 7.03. The maximum absolute atomic E-state index is 10.00. The molecule has 0 unspecified atom stereocenters. The van der Waals surface area contributed by atoms with Crippen LogP contribution in [0.5, 0.6) is 0 Å². The zero-order valence-corrected chi connectivity index (χ0v) is 5.08. The fourth-order valence-electron chi connectivity index (χ4n) is 0.248. The second-order valence-electron chi connectivity index (χ2n) is 1.42. The summed E-state index contributed by atoms with van der Waals surface area (Å²) in [4.78, 5) is 10.00. The molecule has 0 rings (SSSR count). The molecule has 0 fully saturated rings. The normalized spacial score (nSPS) is 10.3. The van der Waals surface area contributed by atoms with Crippen molar-refractivity contribution in [2.45, 2.75) is 0 Å². The van der Waals surface area contributed by atoms with Gasteiger partial charge >= 0.3 is 0 Å². The minimum atomic E-state index is -0.476. The molecule has 0 radical (unpaired) electrons. The Labute approximate surface area is 53.1 Å². The van der Waals surface area contributed by atoms with Crippen LogP contribution >= 0.6 is 0 Å². The van der Waals surface area contributed by atoms with Crippen LogP contribution in [0.15, 0.2) is 10.2 Å². The summed E-state index contributed by atoms with van der Waals surface area (Å²) >= 11 is 0. The fraction of sp³-hybridized carbons (Fsp3) is 0.750. The van der Waals surface area contributed by atoms with Gasteiger partial charge in [-0.3, -0.25) is 4.79 Å². The van der Waals surface area contributed by atoms with Crippen LogP contribution in [0.25, 0.3) is 0 Å². The summed E-state index contributed by atoms with van der Waals surface area (Å²) in [5, 5.41) is 6.96. The highest BCUT2D eigenvalue weighted by Gasteiger charge is 1.86. The van der Waals surface area contributed by atoms with Crippen LogP contribution in [-0.2, 0) is 4.79 Å². The van der Waals surface area contributed by atoms with Crippen molar-refractivity contribution in [1.29, 1.82) is 0 Å². The minimum absolute atomic E-state index is 0.0417. The molecule has 0 aliphatic heterocycles. The van der Waals surface area contributed by atoms with E-state index in [9.17, 15) is 4.79 Å². The third-order valence-electron chi connectivity index (χ3n) is 0.556. The molecular weight excluding hydrogens is 120 g/mol. The molecule has 0 spiro atoms. The number of primary amides is 1. The summed E-state index contributed by atoms with van der Waals surface area (Å²) in [6.45, 7) is 0.857. The quantitative estimate of drug-likeness (QED) is 0.472. The molecule has 1 amide bonds. The monoisotopic (exact) mass is 130 g/mol. The SMILES string of the molecule is NCCN=NCC(N)=O. The van der Waals surface area contributed by atoms with Gasteiger partial charge < -0.3 is 11.5 Å². The summed E-state index contributed by atoms with van der Waals surface area (Å²) in [5.74, 6) is -0.476. The van der Waals surface area contributed by atoms with Gasteiger partial charge in [0, 0.05) is 6.54 Å². The predicted molar refractivity (Wildman–Crippen MR) is 32.8 cm³/mol. The zero-order chi connectivity index (χ0) is 7.11. The number of amides is 1. The van der Waals surface area contributed by atoms with Gasteiger partial charge in [0.25, 0.3) is 0 Å². The lowest BCUT2D eigenvalue weighted by Gasteiger charge is -1.84. The molecule has 4 N–H and O–H groups in total. The second kappa shape index (κ2) is 5.17. The first-order valence-electron chi connectivity index (χ1n) is 2.59. The molecule has 0 aromatic heterocycles. The summed E-state index contributed by atoms with van der Waals surface area (Å²) in [6, 6.07) is 0. The Balaban J connectivity index is 3.14. The number of nitrogens with two attached hydrogens (primary N) is 2. The molecule has 9 heavy (non-hydrogen) atoms. The van der Waals surface area contributed by atoms with E-state index in [0.29, 0.717) is 13.1 Å². The van der Waals surface area contributed by atoms with E-state index < -0.39 is 5.91 Å². The molecule has 52 valence electrons. The van der Waals surface area contributed by atoms with Crippen molar-refractivity contribution in [3.05, 3.63) is 0 Å². The first kappa shape index (κ1) is 8.03. The summed E-state index contributed by atoms with van der Waals surface area (Å²) in [6.07, 6.45) is 0.